The van der Waals surface area contributed by atoms with Gasteiger partial charge >= 0.3 is 0 Å². The molecule has 0 bridgehead atoms. The van der Waals surface area contributed by atoms with Gasteiger partial charge in [0.05, 0.1) is 10.6 Å². The third kappa shape index (κ3) is 2.80. The molecule has 0 aromatic heterocycles. The highest BCUT2D eigenvalue weighted by atomic mass is 79.9. The molecule has 1 N–H and O–H groups in total. The number of benzene rings is 2. The van der Waals surface area contributed by atoms with Gasteiger partial charge in [0.15, 0.2) is 0 Å². The number of thioether (sulfide) groups is 1. The van der Waals surface area contributed by atoms with Gasteiger partial charge < -0.3 is 5.11 Å². The van der Waals surface area contributed by atoms with Crippen molar-refractivity contribution in [1.29, 1.82) is 0 Å². The third-order valence-corrected chi connectivity index (χ3v) is 4.45. The minimum atomic E-state index is -0.388. The van der Waals surface area contributed by atoms with Gasteiger partial charge in [0, 0.05) is 10.0 Å². The van der Waals surface area contributed by atoms with Crippen molar-refractivity contribution in [2.45, 2.75) is 0 Å². The first kappa shape index (κ1) is 14.9. The molecular weight excluding hydrogens is 366 g/mol. The second kappa shape index (κ2) is 5.98. The minimum absolute atomic E-state index is 0.0507. The predicted octanol–water partition coefficient (Wildman–Crippen LogP) is 4.40. The molecule has 22 heavy (non-hydrogen) atoms. The van der Waals surface area contributed by atoms with E-state index in [1.165, 1.54) is 12.1 Å². The number of phenolic OH excluding ortho intramolecular Hbond substituents is 1. The SMILES string of the molecule is O=C1SC(=Cc2cc(Br)ccc2O)C(=O)N1c1ccccc1. The number of halogens is 1. The Morgan fingerprint density at radius 3 is 2.55 bits per heavy atom. The molecule has 0 aliphatic carbocycles. The minimum Gasteiger partial charge on any atom is -0.507 e. The smallest absolute Gasteiger partial charge is 0.298 e. The van der Waals surface area contributed by atoms with Crippen LogP contribution in [0.15, 0.2) is 57.9 Å². The van der Waals surface area contributed by atoms with Gasteiger partial charge in [-0.3, -0.25) is 9.59 Å². The molecule has 0 spiro atoms. The lowest BCUT2D eigenvalue weighted by atomic mass is 10.2. The number of carbonyl (C=O) groups excluding carboxylic acids is 2. The molecule has 1 aliphatic rings. The van der Waals surface area contributed by atoms with Gasteiger partial charge in [-0.25, -0.2) is 4.90 Å². The van der Waals surface area contributed by atoms with Gasteiger partial charge in [-0.05, 0) is 48.2 Å². The Bertz CT molecular complexity index is 789. The zero-order valence-corrected chi connectivity index (χ0v) is 13.6. The van der Waals surface area contributed by atoms with Gasteiger partial charge in [-0.15, -0.1) is 0 Å². The molecule has 3 rings (SSSR count). The van der Waals surface area contributed by atoms with Crippen LogP contribution in [0.2, 0.25) is 0 Å². The Morgan fingerprint density at radius 1 is 1.09 bits per heavy atom. The standard InChI is InChI=1S/C16H10BrNO3S/c17-11-6-7-13(19)10(8-11)9-14-15(20)18(16(21)22-14)12-4-2-1-3-5-12/h1-9,19H. The summed E-state index contributed by atoms with van der Waals surface area (Å²) in [6.45, 7) is 0. The zero-order chi connectivity index (χ0) is 15.7. The van der Waals surface area contributed by atoms with E-state index >= 15 is 0 Å². The summed E-state index contributed by atoms with van der Waals surface area (Å²) in [6.07, 6.45) is 1.52. The fraction of sp³-hybridized carbons (Fsp3) is 0. The van der Waals surface area contributed by atoms with Gasteiger partial charge in [-0.1, -0.05) is 34.1 Å². The summed E-state index contributed by atoms with van der Waals surface area (Å²) < 4.78 is 0.777. The number of rotatable bonds is 2. The molecule has 1 heterocycles. The first-order valence-electron chi connectivity index (χ1n) is 6.38. The molecule has 0 atom stereocenters. The van der Waals surface area contributed by atoms with Gasteiger partial charge in [-0.2, -0.15) is 0 Å². The first-order chi connectivity index (χ1) is 10.6. The summed E-state index contributed by atoms with van der Waals surface area (Å²) in [5.41, 5.74) is 1.01. The first-order valence-corrected chi connectivity index (χ1v) is 7.99. The number of hydrogen-bond acceptors (Lipinski definition) is 4. The van der Waals surface area contributed by atoms with E-state index in [1.807, 2.05) is 6.07 Å². The van der Waals surface area contributed by atoms with Gasteiger partial charge in [0.25, 0.3) is 11.1 Å². The van der Waals surface area contributed by atoms with E-state index in [0.29, 0.717) is 11.3 Å². The van der Waals surface area contributed by atoms with Crippen molar-refractivity contribution in [2.24, 2.45) is 0 Å². The lowest BCUT2D eigenvalue weighted by Gasteiger charge is -2.11. The van der Waals surface area contributed by atoms with E-state index in [2.05, 4.69) is 15.9 Å². The lowest BCUT2D eigenvalue weighted by molar-refractivity contribution is -0.113. The van der Waals surface area contributed by atoms with Crippen LogP contribution < -0.4 is 4.90 Å². The number of hydrogen-bond donors (Lipinski definition) is 1. The van der Waals surface area contributed by atoms with Crippen molar-refractivity contribution in [3.63, 3.8) is 0 Å². The second-order valence-electron chi connectivity index (χ2n) is 4.56. The van der Waals surface area contributed by atoms with E-state index in [9.17, 15) is 14.7 Å². The summed E-state index contributed by atoms with van der Waals surface area (Å²) in [5.74, 6) is -0.338. The van der Waals surface area contributed by atoms with Crippen LogP contribution in [0.3, 0.4) is 0 Å². The molecule has 6 heteroatoms. The Morgan fingerprint density at radius 2 is 1.82 bits per heavy atom. The third-order valence-electron chi connectivity index (χ3n) is 3.08. The van der Waals surface area contributed by atoms with Crippen LogP contribution in [0, 0.1) is 0 Å². The monoisotopic (exact) mass is 375 g/mol. The van der Waals surface area contributed by atoms with Crippen LogP contribution in [0.1, 0.15) is 5.56 Å². The maximum Gasteiger partial charge on any atom is 0.298 e. The molecule has 4 nitrogen and oxygen atoms in total. The summed E-state index contributed by atoms with van der Waals surface area (Å²) >= 11 is 4.17. The van der Waals surface area contributed by atoms with Crippen molar-refractivity contribution in [3.8, 4) is 5.75 Å². The largest absolute Gasteiger partial charge is 0.507 e. The number of imide groups is 1. The Kier molecular flexibility index (Phi) is 4.04. The average Bonchev–Trinajstić information content (AvgIpc) is 2.78. The molecule has 110 valence electrons. The molecule has 2 amide bonds. The number of phenols is 1. The highest BCUT2D eigenvalue weighted by Crippen LogP contribution is 2.37. The lowest BCUT2D eigenvalue weighted by Crippen LogP contribution is -2.27. The van der Waals surface area contributed by atoms with Crippen molar-refractivity contribution >= 4 is 50.6 Å². The number of para-hydroxylation sites is 1. The van der Waals surface area contributed by atoms with Crippen LogP contribution >= 0.6 is 27.7 Å². The van der Waals surface area contributed by atoms with Crippen molar-refractivity contribution in [3.05, 3.63) is 63.5 Å². The van der Waals surface area contributed by atoms with E-state index in [4.69, 9.17) is 0 Å². The fourth-order valence-electron chi connectivity index (χ4n) is 2.05. The maximum absolute atomic E-state index is 12.4. The van der Waals surface area contributed by atoms with Crippen LogP contribution in [0.25, 0.3) is 6.08 Å². The quantitative estimate of drug-likeness (QED) is 0.790. The molecule has 0 saturated carbocycles. The van der Waals surface area contributed by atoms with Crippen molar-refractivity contribution < 1.29 is 14.7 Å². The molecule has 0 unspecified atom stereocenters. The van der Waals surface area contributed by atoms with Crippen LogP contribution in [0.5, 0.6) is 5.75 Å². The predicted molar refractivity (Wildman–Crippen MR) is 90.7 cm³/mol. The van der Waals surface area contributed by atoms with E-state index < -0.39 is 0 Å². The molecule has 1 saturated heterocycles. The Hall–Kier alpha value is -2.05. The topological polar surface area (TPSA) is 57.6 Å². The fourth-order valence-corrected chi connectivity index (χ4v) is 3.26. The number of aromatic hydroxyl groups is 1. The van der Waals surface area contributed by atoms with Crippen LogP contribution in [0.4, 0.5) is 10.5 Å². The van der Waals surface area contributed by atoms with Gasteiger partial charge in [0.1, 0.15) is 5.75 Å². The second-order valence-corrected chi connectivity index (χ2v) is 6.46. The summed E-state index contributed by atoms with van der Waals surface area (Å²) in [5, 5.41) is 9.50. The van der Waals surface area contributed by atoms with E-state index in [1.54, 1.807) is 36.4 Å². The van der Waals surface area contributed by atoms with Crippen molar-refractivity contribution in [1.82, 2.24) is 0 Å². The van der Waals surface area contributed by atoms with Crippen LogP contribution in [-0.4, -0.2) is 16.3 Å². The average molecular weight is 376 g/mol. The molecule has 0 radical (unpaired) electrons. The Balaban J connectivity index is 1.97. The molecule has 2 aromatic carbocycles. The highest BCUT2D eigenvalue weighted by molar-refractivity contribution is 9.10. The molecular formula is C16H10BrNO3S. The number of amides is 2. The number of anilines is 1. The van der Waals surface area contributed by atoms with Crippen molar-refractivity contribution in [2.75, 3.05) is 4.90 Å². The summed E-state index contributed by atoms with van der Waals surface area (Å²) in [7, 11) is 0. The summed E-state index contributed by atoms with van der Waals surface area (Å²) in [6, 6.07) is 13.7. The normalized spacial score (nSPS) is 16.6. The van der Waals surface area contributed by atoms with E-state index in [-0.39, 0.29) is 21.8 Å². The van der Waals surface area contributed by atoms with Crippen LogP contribution in [-0.2, 0) is 4.79 Å². The maximum atomic E-state index is 12.4. The molecule has 1 fully saturated rings. The number of carbonyl (C=O) groups is 2. The van der Waals surface area contributed by atoms with E-state index in [0.717, 1.165) is 21.1 Å². The highest BCUT2D eigenvalue weighted by Gasteiger charge is 2.36. The Labute approximate surface area is 139 Å². The van der Waals surface area contributed by atoms with Gasteiger partial charge in [0.2, 0.25) is 0 Å². The molecule has 2 aromatic rings. The molecule has 1 aliphatic heterocycles. The summed E-state index contributed by atoms with van der Waals surface area (Å²) in [4.78, 5) is 25.9. The zero-order valence-electron chi connectivity index (χ0n) is 11.2. The number of nitrogens with zero attached hydrogens (tertiary/aromatic N) is 1.